The zero-order chi connectivity index (χ0) is 34.7. The number of rotatable bonds is 13. The maximum Gasteiger partial charge on any atom is 0.407 e. The van der Waals surface area contributed by atoms with Crippen LogP contribution in [0, 0.1) is 5.92 Å². The number of amides is 1. The summed E-state index contributed by atoms with van der Waals surface area (Å²) in [7, 11) is 0.641. The number of hydrogen-bond donors (Lipinski definition) is 1. The average Bonchev–Trinajstić information content (AvgIpc) is 3.52. The van der Waals surface area contributed by atoms with Crippen LogP contribution in [-0.2, 0) is 25.3 Å². The van der Waals surface area contributed by atoms with Gasteiger partial charge >= 0.3 is 12.1 Å². The largest absolute Gasteiger partial charge is 0.481 e. The van der Waals surface area contributed by atoms with E-state index in [2.05, 4.69) is 84.2 Å². The van der Waals surface area contributed by atoms with Crippen LogP contribution in [0.1, 0.15) is 78.7 Å². The Labute approximate surface area is 289 Å². The van der Waals surface area contributed by atoms with E-state index in [1.807, 2.05) is 32.9 Å². The van der Waals surface area contributed by atoms with Gasteiger partial charge in [0.05, 0.1) is 51.3 Å². The van der Waals surface area contributed by atoms with Crippen LogP contribution in [0.15, 0.2) is 34.8 Å². The van der Waals surface area contributed by atoms with Crippen molar-refractivity contribution in [2.45, 2.75) is 122 Å². The predicted molar refractivity (Wildman–Crippen MR) is 186 cm³/mol. The second-order valence-electron chi connectivity index (χ2n) is 15.1. The van der Waals surface area contributed by atoms with Crippen LogP contribution in [0.3, 0.4) is 0 Å². The number of methoxy groups -OCH3 is 2. The number of benzene rings is 1. The number of aromatic nitrogens is 2. The minimum atomic E-state index is -2.42. The fraction of sp³-hybridized carbons (Fsp3) is 0.676. The van der Waals surface area contributed by atoms with Crippen LogP contribution in [0.25, 0.3) is 0 Å². The number of halogens is 1. The summed E-state index contributed by atoms with van der Waals surface area (Å²) in [4.78, 5) is 28.9. The highest BCUT2D eigenvalue weighted by molar-refractivity contribution is 9.10. The molecular weight excluding hydrogens is 684 g/mol. The predicted octanol–water partition coefficient (Wildman–Crippen LogP) is 7.21. The number of alkyl carbamates (subject to hydrolysis) is 1. The first kappa shape index (κ1) is 37.5. The van der Waals surface area contributed by atoms with Crippen molar-refractivity contribution in [1.29, 1.82) is 0 Å². The third-order valence-electron chi connectivity index (χ3n) is 9.32. The number of carbonyl (C=O) groups excluding carboxylic acids is 1. The fourth-order valence-corrected chi connectivity index (χ4v) is 7.25. The summed E-state index contributed by atoms with van der Waals surface area (Å²) < 4.78 is 31.1. The van der Waals surface area contributed by atoms with E-state index in [0.29, 0.717) is 37.1 Å². The Morgan fingerprint density at radius 1 is 1.11 bits per heavy atom. The molecule has 0 aliphatic carbocycles. The minimum absolute atomic E-state index is 0.00596. The highest BCUT2D eigenvalue weighted by Crippen LogP contribution is 2.45. The number of fused-ring (bicyclic) bond motifs is 2. The molecule has 1 aromatic heterocycles. The van der Waals surface area contributed by atoms with Crippen molar-refractivity contribution >= 4 is 30.3 Å². The summed E-state index contributed by atoms with van der Waals surface area (Å²) >= 11 is 3.49. The molecule has 262 valence electrons. The first-order chi connectivity index (χ1) is 21.9. The molecule has 2 fully saturated rings. The molecule has 0 saturated carbocycles. The fourth-order valence-electron chi connectivity index (χ4n) is 5.72. The number of piperidine rings is 1. The second kappa shape index (κ2) is 15.1. The van der Waals surface area contributed by atoms with Crippen molar-refractivity contribution in [3.63, 3.8) is 0 Å². The molecule has 1 unspecified atom stereocenters. The molecule has 2 aliphatic heterocycles. The molecule has 7 atom stereocenters. The van der Waals surface area contributed by atoms with E-state index in [4.69, 9.17) is 33.2 Å². The molecule has 11 nitrogen and oxygen atoms in total. The summed E-state index contributed by atoms with van der Waals surface area (Å²) in [5.41, 5.74) is 0.984. The number of ether oxygens (including phenoxy) is 4. The zero-order valence-corrected chi connectivity index (χ0v) is 32.3. The third-order valence-corrected chi connectivity index (χ3v) is 14.3. The lowest BCUT2D eigenvalue weighted by molar-refractivity contribution is -0.148. The molecule has 4 rings (SSSR count). The van der Waals surface area contributed by atoms with Crippen LogP contribution in [-0.4, -0.2) is 80.1 Å². The second-order valence-corrected chi connectivity index (χ2v) is 20.7. The molecule has 1 amide bonds. The van der Waals surface area contributed by atoms with Gasteiger partial charge in [-0.25, -0.2) is 4.79 Å². The van der Waals surface area contributed by atoms with Gasteiger partial charge in [-0.2, -0.15) is 15.0 Å². The Bertz CT molecular complexity index is 1330. The van der Waals surface area contributed by atoms with E-state index in [9.17, 15) is 4.79 Å². The summed E-state index contributed by atoms with van der Waals surface area (Å²) in [5.74, 6) is 0.638. The van der Waals surface area contributed by atoms with E-state index >= 15 is 0 Å². The van der Waals surface area contributed by atoms with E-state index in [0.717, 1.165) is 16.5 Å². The van der Waals surface area contributed by atoms with E-state index in [-0.39, 0.29) is 29.2 Å². The SMILES string of the molecule is COc1cc([C@@H](O[Si](C)(C)C(C)(C)C)[C@@H](C[C@H]2C[C@H]3ON2[C@@H](COCc2ccc(Br)cc2)[C@H]3C)NC(=O)OC(C)(C)C)nc(OC)n1. The van der Waals surface area contributed by atoms with Crippen LogP contribution < -0.4 is 14.8 Å². The number of hydrogen-bond acceptors (Lipinski definition) is 10. The normalized spacial score (nSPS) is 24.1. The van der Waals surface area contributed by atoms with Crippen molar-refractivity contribution in [1.82, 2.24) is 20.3 Å². The van der Waals surface area contributed by atoms with Gasteiger partial charge < -0.3 is 28.7 Å². The monoisotopic (exact) mass is 736 g/mol. The molecule has 0 radical (unpaired) electrons. The Hall–Kier alpha value is -2.29. The maximum absolute atomic E-state index is 13.4. The van der Waals surface area contributed by atoms with Gasteiger partial charge in [-0.3, -0.25) is 4.84 Å². The molecule has 2 saturated heterocycles. The highest BCUT2D eigenvalue weighted by atomic mass is 79.9. The topological polar surface area (TPSA) is 114 Å². The van der Waals surface area contributed by atoms with Gasteiger partial charge in [0, 0.05) is 22.5 Å². The highest BCUT2D eigenvalue weighted by Gasteiger charge is 2.52. The van der Waals surface area contributed by atoms with Crippen molar-refractivity contribution in [3.05, 3.63) is 46.1 Å². The third kappa shape index (κ3) is 9.66. The molecule has 13 heteroatoms. The van der Waals surface area contributed by atoms with Crippen LogP contribution in [0.2, 0.25) is 18.1 Å². The zero-order valence-electron chi connectivity index (χ0n) is 29.8. The first-order valence-corrected chi connectivity index (χ1v) is 20.0. The molecule has 0 spiro atoms. The quantitative estimate of drug-likeness (QED) is 0.212. The molecule has 2 bridgehead atoms. The minimum Gasteiger partial charge on any atom is -0.481 e. The average molecular weight is 738 g/mol. The molecule has 47 heavy (non-hydrogen) atoms. The van der Waals surface area contributed by atoms with E-state index in [1.165, 1.54) is 7.11 Å². The molecule has 1 aromatic carbocycles. The molecule has 3 heterocycles. The van der Waals surface area contributed by atoms with Gasteiger partial charge in [-0.05, 0) is 69.4 Å². The van der Waals surface area contributed by atoms with Crippen molar-refractivity contribution < 1.29 is 33.0 Å². The van der Waals surface area contributed by atoms with Crippen molar-refractivity contribution in [2.24, 2.45) is 5.92 Å². The molecule has 1 N–H and O–H groups in total. The Morgan fingerprint density at radius 2 is 1.79 bits per heavy atom. The van der Waals surface area contributed by atoms with Gasteiger partial charge in [0.1, 0.15) is 11.7 Å². The lowest BCUT2D eigenvalue weighted by Gasteiger charge is -2.42. The Balaban J connectivity index is 1.65. The summed E-state index contributed by atoms with van der Waals surface area (Å²) in [6, 6.07) is 9.58. The Kier molecular flexibility index (Phi) is 12.0. The number of carbonyl (C=O) groups is 1. The summed E-state index contributed by atoms with van der Waals surface area (Å²) in [6.45, 7) is 19.7. The maximum atomic E-state index is 13.4. The van der Waals surface area contributed by atoms with Gasteiger partial charge in [0.15, 0.2) is 8.32 Å². The van der Waals surface area contributed by atoms with E-state index < -0.39 is 32.2 Å². The van der Waals surface area contributed by atoms with Gasteiger partial charge in [0.2, 0.25) is 5.88 Å². The smallest absolute Gasteiger partial charge is 0.407 e. The standard InChI is InChI=1S/C34H53BrN4O7Si/c1-21-27(20-43-19-22-12-14-23(35)15-13-22)39-24(17-28(21)45-39)16-25(37-32(40)44-33(2,3)4)30(46-47(10,11)34(5,6)7)26-18-29(41-8)38-31(36-26)42-9/h12-15,18,21,24-25,27-28,30H,16-17,19-20H2,1-11H3,(H,37,40)/t21-,24+,25-,27+,28-,30+/m1/s1. The van der Waals surface area contributed by atoms with Crippen LogP contribution in [0.4, 0.5) is 4.79 Å². The first-order valence-electron chi connectivity index (χ1n) is 16.3. The summed E-state index contributed by atoms with van der Waals surface area (Å²) in [6.07, 6.45) is 0.224. The molecule has 2 aliphatic rings. The van der Waals surface area contributed by atoms with Gasteiger partial charge in [0.25, 0.3) is 0 Å². The van der Waals surface area contributed by atoms with E-state index in [1.54, 1.807) is 13.2 Å². The van der Waals surface area contributed by atoms with Gasteiger partial charge in [-0.1, -0.05) is 55.8 Å². The van der Waals surface area contributed by atoms with Gasteiger partial charge in [-0.15, -0.1) is 0 Å². The Morgan fingerprint density at radius 3 is 2.36 bits per heavy atom. The number of nitrogens with one attached hydrogen (secondary N) is 1. The molecular formula is C34H53BrN4O7Si. The number of nitrogens with zero attached hydrogens (tertiary/aromatic N) is 3. The van der Waals surface area contributed by atoms with Crippen LogP contribution >= 0.6 is 15.9 Å². The summed E-state index contributed by atoms with van der Waals surface area (Å²) in [5, 5.41) is 5.15. The molecule has 2 aromatic rings. The van der Waals surface area contributed by atoms with Crippen LogP contribution in [0.5, 0.6) is 11.9 Å². The lowest BCUT2D eigenvalue weighted by Crippen LogP contribution is -2.52. The van der Waals surface area contributed by atoms with Crippen molar-refractivity contribution in [3.8, 4) is 11.9 Å². The number of hydroxylamine groups is 2. The van der Waals surface area contributed by atoms with Crippen molar-refractivity contribution in [2.75, 3.05) is 20.8 Å². The lowest BCUT2D eigenvalue weighted by atomic mass is 9.85.